The van der Waals surface area contributed by atoms with Gasteiger partial charge in [0.25, 0.3) is 11.1 Å². The van der Waals surface area contributed by atoms with E-state index in [1.165, 1.54) is 10.8 Å². The van der Waals surface area contributed by atoms with Crippen LogP contribution in [-0.2, 0) is 6.54 Å². The molecule has 5 aromatic rings. The van der Waals surface area contributed by atoms with Crippen molar-refractivity contribution >= 4 is 33.1 Å². The first kappa shape index (κ1) is 14.6. The zero-order chi connectivity index (χ0) is 17.7. The summed E-state index contributed by atoms with van der Waals surface area (Å²) in [5, 5.41) is 0.766. The number of nitrogens with zero attached hydrogens (tertiary/aromatic N) is 3. The SMILES string of the molecule is O=c1[nH]c(Cn2c(=O)cnc3ccccc32)nc2c1oc1ccccc12. The van der Waals surface area contributed by atoms with E-state index in [0.29, 0.717) is 28.0 Å². The number of furan rings is 1. The van der Waals surface area contributed by atoms with E-state index in [1.54, 1.807) is 6.07 Å². The number of rotatable bonds is 2. The van der Waals surface area contributed by atoms with Crippen LogP contribution in [0, 0.1) is 0 Å². The van der Waals surface area contributed by atoms with Crippen LogP contribution in [0.4, 0.5) is 0 Å². The minimum absolute atomic E-state index is 0.132. The lowest BCUT2D eigenvalue weighted by molar-refractivity contribution is 0.656. The molecule has 0 fully saturated rings. The van der Waals surface area contributed by atoms with Gasteiger partial charge in [-0.15, -0.1) is 0 Å². The van der Waals surface area contributed by atoms with Gasteiger partial charge < -0.3 is 9.40 Å². The molecule has 7 nitrogen and oxygen atoms in total. The normalized spacial score (nSPS) is 11.5. The molecule has 0 saturated carbocycles. The quantitative estimate of drug-likeness (QED) is 0.531. The molecule has 0 radical (unpaired) electrons. The van der Waals surface area contributed by atoms with Gasteiger partial charge in [0.05, 0.1) is 23.8 Å². The fourth-order valence-corrected chi connectivity index (χ4v) is 3.15. The zero-order valence-electron chi connectivity index (χ0n) is 13.5. The first-order valence-electron chi connectivity index (χ1n) is 8.06. The number of H-pyrrole nitrogens is 1. The molecule has 0 unspecified atom stereocenters. The van der Waals surface area contributed by atoms with Crippen LogP contribution in [0.5, 0.6) is 0 Å². The maximum absolute atomic E-state index is 12.4. The molecule has 0 bridgehead atoms. The summed E-state index contributed by atoms with van der Waals surface area (Å²) in [7, 11) is 0. The topological polar surface area (TPSA) is 93.8 Å². The Hall–Kier alpha value is -3.74. The van der Waals surface area contributed by atoms with E-state index in [1.807, 2.05) is 42.5 Å². The molecule has 0 aliphatic rings. The molecule has 0 atom stereocenters. The average Bonchev–Trinajstić information content (AvgIpc) is 3.04. The number of para-hydroxylation sites is 3. The summed E-state index contributed by atoms with van der Waals surface area (Å²) in [5.41, 5.74) is 2.03. The lowest BCUT2D eigenvalue weighted by Crippen LogP contribution is -2.23. The maximum atomic E-state index is 12.4. The molecule has 3 aromatic heterocycles. The summed E-state index contributed by atoms with van der Waals surface area (Å²) >= 11 is 0. The van der Waals surface area contributed by atoms with E-state index < -0.39 is 0 Å². The molecule has 0 saturated heterocycles. The summed E-state index contributed by atoms with van der Waals surface area (Å²) in [5.74, 6) is 0.382. The molecule has 0 spiro atoms. The van der Waals surface area contributed by atoms with Crippen molar-refractivity contribution in [3.05, 3.63) is 81.3 Å². The highest BCUT2D eigenvalue weighted by molar-refractivity contribution is 6.01. The summed E-state index contributed by atoms with van der Waals surface area (Å²) in [6.45, 7) is 0.132. The second-order valence-electron chi connectivity index (χ2n) is 5.96. The van der Waals surface area contributed by atoms with Gasteiger partial charge in [-0.25, -0.2) is 9.97 Å². The first-order chi connectivity index (χ1) is 12.7. The summed E-state index contributed by atoms with van der Waals surface area (Å²) in [6, 6.07) is 14.7. The van der Waals surface area contributed by atoms with Crippen LogP contribution >= 0.6 is 0 Å². The van der Waals surface area contributed by atoms with Crippen molar-refractivity contribution in [2.75, 3.05) is 0 Å². The molecule has 2 aromatic carbocycles. The Morgan fingerprint density at radius 3 is 2.77 bits per heavy atom. The molecular formula is C19H12N4O3. The van der Waals surface area contributed by atoms with E-state index in [4.69, 9.17) is 4.42 Å². The highest BCUT2D eigenvalue weighted by Gasteiger charge is 2.14. The lowest BCUT2D eigenvalue weighted by atomic mass is 10.2. The second-order valence-corrected chi connectivity index (χ2v) is 5.96. The smallest absolute Gasteiger partial charge is 0.294 e. The fraction of sp³-hybridized carbons (Fsp3) is 0.0526. The number of benzene rings is 2. The van der Waals surface area contributed by atoms with Crippen LogP contribution < -0.4 is 11.1 Å². The largest absolute Gasteiger partial charge is 0.449 e. The maximum Gasteiger partial charge on any atom is 0.294 e. The minimum atomic E-state index is -0.368. The molecule has 0 amide bonds. The average molecular weight is 344 g/mol. The van der Waals surface area contributed by atoms with Gasteiger partial charge in [-0.3, -0.25) is 14.2 Å². The van der Waals surface area contributed by atoms with E-state index in [9.17, 15) is 9.59 Å². The number of aromatic nitrogens is 4. The molecule has 0 aliphatic carbocycles. The second kappa shape index (κ2) is 5.38. The Labute approximate surface area is 145 Å². The van der Waals surface area contributed by atoms with Crippen molar-refractivity contribution < 1.29 is 4.42 Å². The van der Waals surface area contributed by atoms with Gasteiger partial charge >= 0.3 is 0 Å². The van der Waals surface area contributed by atoms with Crippen molar-refractivity contribution in [3.63, 3.8) is 0 Å². The van der Waals surface area contributed by atoms with Crippen LogP contribution in [0.3, 0.4) is 0 Å². The van der Waals surface area contributed by atoms with Crippen LogP contribution in [0.25, 0.3) is 33.1 Å². The molecule has 7 heteroatoms. The van der Waals surface area contributed by atoms with Gasteiger partial charge in [0.15, 0.2) is 0 Å². The predicted octanol–water partition coefficient (Wildman–Crippen LogP) is 2.43. The van der Waals surface area contributed by atoms with Gasteiger partial charge in [0.2, 0.25) is 5.58 Å². The number of hydrogen-bond donors (Lipinski definition) is 1. The first-order valence-corrected chi connectivity index (χ1v) is 8.06. The van der Waals surface area contributed by atoms with Crippen LogP contribution in [0.2, 0.25) is 0 Å². The number of nitrogens with one attached hydrogen (secondary N) is 1. The van der Waals surface area contributed by atoms with Crippen LogP contribution in [-0.4, -0.2) is 19.5 Å². The van der Waals surface area contributed by atoms with Crippen LogP contribution in [0.1, 0.15) is 5.82 Å². The third-order valence-electron chi connectivity index (χ3n) is 4.34. The number of fused-ring (bicyclic) bond motifs is 4. The fourth-order valence-electron chi connectivity index (χ4n) is 3.15. The van der Waals surface area contributed by atoms with E-state index >= 15 is 0 Å². The van der Waals surface area contributed by atoms with Crippen molar-refractivity contribution in [1.29, 1.82) is 0 Å². The molecular weight excluding hydrogens is 332 g/mol. The Bertz CT molecular complexity index is 1410. The summed E-state index contributed by atoms with van der Waals surface area (Å²) in [4.78, 5) is 36.1. The Balaban J connectivity index is 1.74. The Morgan fingerprint density at radius 1 is 1.04 bits per heavy atom. The zero-order valence-corrected chi connectivity index (χ0v) is 13.5. The molecule has 0 aliphatic heterocycles. The Morgan fingerprint density at radius 2 is 1.85 bits per heavy atom. The molecule has 26 heavy (non-hydrogen) atoms. The van der Waals surface area contributed by atoms with Gasteiger partial charge in [-0.2, -0.15) is 0 Å². The van der Waals surface area contributed by atoms with E-state index in [2.05, 4.69) is 15.0 Å². The molecule has 126 valence electrons. The van der Waals surface area contributed by atoms with Gasteiger partial charge in [-0.05, 0) is 24.3 Å². The Kier molecular flexibility index (Phi) is 3.02. The third kappa shape index (κ3) is 2.14. The molecule has 3 heterocycles. The van der Waals surface area contributed by atoms with Crippen molar-refractivity contribution in [3.8, 4) is 0 Å². The standard InChI is InChI=1S/C19H12N4O3/c24-16-9-20-12-6-2-3-7-13(12)23(16)10-15-21-17-11-5-1-4-8-14(11)26-18(17)19(25)22-15/h1-9H,10H2,(H,21,22,25). The monoisotopic (exact) mass is 344 g/mol. The van der Waals surface area contributed by atoms with E-state index in [-0.39, 0.29) is 23.2 Å². The number of hydrogen-bond acceptors (Lipinski definition) is 5. The number of aromatic amines is 1. The van der Waals surface area contributed by atoms with Gasteiger partial charge in [0, 0.05) is 5.39 Å². The predicted molar refractivity (Wildman–Crippen MR) is 97.2 cm³/mol. The third-order valence-corrected chi connectivity index (χ3v) is 4.34. The highest BCUT2D eigenvalue weighted by atomic mass is 16.3. The van der Waals surface area contributed by atoms with Crippen LogP contribution in [0.15, 0.2) is 68.7 Å². The van der Waals surface area contributed by atoms with E-state index in [0.717, 1.165) is 5.39 Å². The molecule has 1 N–H and O–H groups in total. The highest BCUT2D eigenvalue weighted by Crippen LogP contribution is 2.24. The summed E-state index contributed by atoms with van der Waals surface area (Å²) < 4.78 is 7.13. The summed E-state index contributed by atoms with van der Waals surface area (Å²) in [6.07, 6.45) is 1.27. The molecule has 5 rings (SSSR count). The van der Waals surface area contributed by atoms with Crippen molar-refractivity contribution in [2.24, 2.45) is 0 Å². The minimum Gasteiger partial charge on any atom is -0.449 e. The van der Waals surface area contributed by atoms with Gasteiger partial charge in [0.1, 0.15) is 16.9 Å². The lowest BCUT2D eigenvalue weighted by Gasteiger charge is -2.08. The van der Waals surface area contributed by atoms with Crippen molar-refractivity contribution in [2.45, 2.75) is 6.54 Å². The van der Waals surface area contributed by atoms with Crippen molar-refractivity contribution in [1.82, 2.24) is 19.5 Å². The van der Waals surface area contributed by atoms with Gasteiger partial charge in [-0.1, -0.05) is 24.3 Å².